The van der Waals surface area contributed by atoms with Gasteiger partial charge in [0.05, 0.1) is 0 Å². The summed E-state index contributed by atoms with van der Waals surface area (Å²) in [6.45, 7) is 8.72. The summed E-state index contributed by atoms with van der Waals surface area (Å²) in [5, 5.41) is 0. The van der Waals surface area contributed by atoms with Crippen molar-refractivity contribution in [2.75, 3.05) is 11.5 Å². The summed E-state index contributed by atoms with van der Waals surface area (Å²) in [4.78, 5) is 0. The normalized spacial score (nSPS) is 11.0. The van der Waals surface area contributed by atoms with Crippen molar-refractivity contribution in [2.45, 2.75) is 59.8 Å². The van der Waals surface area contributed by atoms with Crippen molar-refractivity contribution in [3.05, 3.63) is 57.6 Å². The molecule has 0 aliphatic carbocycles. The Bertz CT molecular complexity index is 627. The van der Waals surface area contributed by atoms with Crippen molar-refractivity contribution in [2.24, 2.45) is 0 Å². The van der Waals surface area contributed by atoms with Crippen LogP contribution in [0.25, 0.3) is 0 Å². The standard InChI is InChI=1S/C21H30N2/c1-5-14-9-11-16(20(22)18(14)7-3)13-17-12-10-15(6-2)19(8-4)21(17)23/h9-12H,5-8,13,22-23H2,1-4H3. The Morgan fingerprint density at radius 3 is 1.22 bits per heavy atom. The van der Waals surface area contributed by atoms with E-state index in [0.717, 1.165) is 43.5 Å². The lowest BCUT2D eigenvalue weighted by Gasteiger charge is -2.17. The smallest absolute Gasteiger partial charge is 0.0385 e. The predicted octanol–water partition coefficient (Wildman–Crippen LogP) is 4.69. The first-order valence-electron chi connectivity index (χ1n) is 8.85. The van der Waals surface area contributed by atoms with Crippen LogP contribution in [0.3, 0.4) is 0 Å². The zero-order valence-electron chi connectivity index (χ0n) is 15.0. The highest BCUT2D eigenvalue weighted by molar-refractivity contribution is 5.63. The van der Waals surface area contributed by atoms with Gasteiger partial charge in [-0.05, 0) is 59.1 Å². The summed E-state index contributed by atoms with van der Waals surface area (Å²) < 4.78 is 0. The Hall–Kier alpha value is -1.96. The summed E-state index contributed by atoms with van der Waals surface area (Å²) in [6, 6.07) is 8.79. The molecule has 0 aliphatic rings. The molecule has 4 N–H and O–H groups in total. The monoisotopic (exact) mass is 310 g/mol. The van der Waals surface area contributed by atoms with Gasteiger partial charge in [0.25, 0.3) is 0 Å². The molecule has 0 unspecified atom stereocenters. The molecule has 0 radical (unpaired) electrons. The van der Waals surface area contributed by atoms with E-state index in [-0.39, 0.29) is 0 Å². The third-order valence-corrected chi connectivity index (χ3v) is 4.94. The Morgan fingerprint density at radius 2 is 0.913 bits per heavy atom. The fraction of sp³-hybridized carbons (Fsp3) is 0.429. The second kappa shape index (κ2) is 7.54. The number of hydrogen-bond donors (Lipinski definition) is 2. The third-order valence-electron chi connectivity index (χ3n) is 4.94. The van der Waals surface area contributed by atoms with Gasteiger partial charge in [-0.15, -0.1) is 0 Å². The average molecular weight is 310 g/mol. The van der Waals surface area contributed by atoms with Gasteiger partial charge in [0.1, 0.15) is 0 Å². The summed E-state index contributed by atoms with van der Waals surface area (Å²) in [7, 11) is 0. The molecule has 2 heteroatoms. The lowest BCUT2D eigenvalue weighted by molar-refractivity contribution is 1.02. The zero-order valence-corrected chi connectivity index (χ0v) is 15.0. The minimum absolute atomic E-state index is 0.811. The SMILES string of the molecule is CCc1ccc(Cc2ccc(CC)c(CC)c2N)c(N)c1CC. The van der Waals surface area contributed by atoms with Crippen molar-refractivity contribution in [3.8, 4) is 0 Å². The largest absolute Gasteiger partial charge is 0.398 e. The van der Waals surface area contributed by atoms with Crippen LogP contribution in [0.2, 0.25) is 0 Å². The van der Waals surface area contributed by atoms with Gasteiger partial charge in [-0.25, -0.2) is 0 Å². The summed E-state index contributed by atoms with van der Waals surface area (Å²) in [5.41, 5.74) is 22.5. The highest BCUT2D eigenvalue weighted by Crippen LogP contribution is 2.29. The Morgan fingerprint density at radius 1 is 0.565 bits per heavy atom. The first kappa shape index (κ1) is 17.4. The molecule has 0 spiro atoms. The second-order valence-electron chi connectivity index (χ2n) is 6.14. The van der Waals surface area contributed by atoms with Gasteiger partial charge in [0.15, 0.2) is 0 Å². The average Bonchev–Trinajstić information content (AvgIpc) is 2.57. The number of aryl methyl sites for hydroxylation is 2. The van der Waals surface area contributed by atoms with Crippen molar-refractivity contribution in [1.29, 1.82) is 0 Å². The third kappa shape index (κ3) is 3.36. The van der Waals surface area contributed by atoms with E-state index < -0.39 is 0 Å². The number of rotatable bonds is 6. The van der Waals surface area contributed by atoms with Crippen LogP contribution in [0.15, 0.2) is 24.3 Å². The summed E-state index contributed by atoms with van der Waals surface area (Å²) in [6.07, 6.45) is 4.83. The van der Waals surface area contributed by atoms with E-state index in [1.54, 1.807) is 0 Å². The van der Waals surface area contributed by atoms with Crippen LogP contribution in [0, 0.1) is 0 Å². The van der Waals surface area contributed by atoms with Crippen LogP contribution in [-0.4, -0.2) is 0 Å². The quantitative estimate of drug-likeness (QED) is 0.760. The molecule has 23 heavy (non-hydrogen) atoms. The molecule has 0 amide bonds. The van der Waals surface area contributed by atoms with E-state index in [9.17, 15) is 0 Å². The van der Waals surface area contributed by atoms with Gasteiger partial charge in [0.2, 0.25) is 0 Å². The first-order valence-corrected chi connectivity index (χ1v) is 8.85. The predicted molar refractivity (Wildman–Crippen MR) is 102 cm³/mol. The van der Waals surface area contributed by atoms with Crippen LogP contribution in [0.5, 0.6) is 0 Å². The fourth-order valence-electron chi connectivity index (χ4n) is 3.53. The number of hydrogen-bond acceptors (Lipinski definition) is 2. The molecule has 0 bridgehead atoms. The van der Waals surface area contributed by atoms with Gasteiger partial charge in [0, 0.05) is 17.8 Å². The molecule has 0 heterocycles. The van der Waals surface area contributed by atoms with E-state index >= 15 is 0 Å². The van der Waals surface area contributed by atoms with E-state index in [2.05, 4.69) is 52.0 Å². The molecule has 2 nitrogen and oxygen atoms in total. The highest BCUT2D eigenvalue weighted by atomic mass is 14.6. The molecule has 2 rings (SSSR count). The Kier molecular flexibility index (Phi) is 5.70. The molecule has 0 fully saturated rings. The minimum Gasteiger partial charge on any atom is -0.398 e. The lowest BCUT2D eigenvalue weighted by Crippen LogP contribution is -2.07. The van der Waals surface area contributed by atoms with Crippen molar-refractivity contribution in [3.63, 3.8) is 0 Å². The van der Waals surface area contributed by atoms with E-state index in [4.69, 9.17) is 11.5 Å². The number of nitrogen functional groups attached to an aromatic ring is 2. The van der Waals surface area contributed by atoms with Crippen LogP contribution < -0.4 is 11.5 Å². The van der Waals surface area contributed by atoms with Gasteiger partial charge < -0.3 is 11.5 Å². The maximum Gasteiger partial charge on any atom is 0.0385 e. The molecule has 0 saturated heterocycles. The van der Waals surface area contributed by atoms with Crippen LogP contribution >= 0.6 is 0 Å². The van der Waals surface area contributed by atoms with Gasteiger partial charge in [-0.2, -0.15) is 0 Å². The van der Waals surface area contributed by atoms with E-state index in [1.807, 2.05) is 0 Å². The van der Waals surface area contributed by atoms with Gasteiger partial charge >= 0.3 is 0 Å². The van der Waals surface area contributed by atoms with Gasteiger partial charge in [-0.1, -0.05) is 52.0 Å². The summed E-state index contributed by atoms with van der Waals surface area (Å²) >= 11 is 0. The van der Waals surface area contributed by atoms with Crippen LogP contribution in [0.4, 0.5) is 11.4 Å². The molecule has 0 atom stereocenters. The highest BCUT2D eigenvalue weighted by Gasteiger charge is 2.13. The number of anilines is 2. The molecule has 124 valence electrons. The molecule has 0 saturated carbocycles. The molecule has 2 aromatic rings. The molecular formula is C21H30N2. The molecule has 2 aromatic carbocycles. The molecule has 0 aromatic heterocycles. The van der Waals surface area contributed by atoms with E-state index in [1.165, 1.54) is 33.4 Å². The van der Waals surface area contributed by atoms with Crippen LogP contribution in [0.1, 0.15) is 61.1 Å². The van der Waals surface area contributed by atoms with Crippen molar-refractivity contribution >= 4 is 11.4 Å². The maximum absolute atomic E-state index is 6.45. The van der Waals surface area contributed by atoms with E-state index in [0.29, 0.717) is 0 Å². The zero-order chi connectivity index (χ0) is 17.0. The second-order valence-corrected chi connectivity index (χ2v) is 6.14. The van der Waals surface area contributed by atoms with Crippen molar-refractivity contribution in [1.82, 2.24) is 0 Å². The topological polar surface area (TPSA) is 52.0 Å². The minimum atomic E-state index is 0.811. The van der Waals surface area contributed by atoms with Crippen molar-refractivity contribution < 1.29 is 0 Å². The first-order chi connectivity index (χ1) is 11.1. The maximum atomic E-state index is 6.45. The molecular weight excluding hydrogens is 280 g/mol. The van der Waals surface area contributed by atoms with Gasteiger partial charge in [-0.3, -0.25) is 0 Å². The Labute approximate surface area is 140 Å². The lowest BCUT2D eigenvalue weighted by atomic mass is 9.91. The number of nitrogens with two attached hydrogens (primary N) is 2. The summed E-state index contributed by atoms with van der Waals surface area (Å²) in [5.74, 6) is 0. The fourth-order valence-corrected chi connectivity index (χ4v) is 3.53. The van der Waals surface area contributed by atoms with Crippen LogP contribution in [-0.2, 0) is 32.1 Å². The Balaban J connectivity index is 2.44. The number of benzene rings is 2. The molecule has 0 aliphatic heterocycles.